The number of nitro groups is 1. The summed E-state index contributed by atoms with van der Waals surface area (Å²) in [5.41, 5.74) is 4.86. The van der Waals surface area contributed by atoms with Crippen LogP contribution >= 0.6 is 11.8 Å². The van der Waals surface area contributed by atoms with E-state index in [9.17, 15) is 24.5 Å². The first-order valence-electron chi connectivity index (χ1n) is 10.5. The van der Waals surface area contributed by atoms with Crippen molar-refractivity contribution in [1.29, 1.82) is 0 Å². The first-order chi connectivity index (χ1) is 15.1. The van der Waals surface area contributed by atoms with Gasteiger partial charge in [-0.3, -0.25) is 29.3 Å². The summed E-state index contributed by atoms with van der Waals surface area (Å²) in [6, 6.07) is 5.88. The van der Waals surface area contributed by atoms with Crippen molar-refractivity contribution >= 4 is 34.9 Å². The Bertz CT molecular complexity index is 1060. The molecule has 0 unspecified atom stereocenters. The van der Waals surface area contributed by atoms with Crippen molar-refractivity contribution in [3.8, 4) is 0 Å². The molecule has 0 saturated heterocycles. The number of benzene rings is 1. The molecule has 1 aromatic heterocycles. The molecule has 32 heavy (non-hydrogen) atoms. The van der Waals surface area contributed by atoms with E-state index in [1.165, 1.54) is 33.4 Å². The standard InChI is InChI=1S/C21H29N5O5S/c1-4-5-11-25-19(22)18(20(28)23-21(25)29)24(12-10-14(2)3)17(27)13-32-16-8-6-15(7-9-16)26(30)31/h6-9,14H,4-5,10-13,22H2,1-3H3,(H,23,28,29). The summed E-state index contributed by atoms with van der Waals surface area (Å²) in [5, 5.41) is 10.8. The largest absolute Gasteiger partial charge is 0.383 e. The topological polar surface area (TPSA) is 144 Å². The molecule has 0 aliphatic carbocycles. The molecule has 0 fully saturated rings. The second kappa shape index (κ2) is 11.5. The minimum Gasteiger partial charge on any atom is -0.383 e. The first-order valence-corrected chi connectivity index (χ1v) is 11.4. The van der Waals surface area contributed by atoms with Crippen LogP contribution in [0.1, 0.15) is 40.0 Å². The summed E-state index contributed by atoms with van der Waals surface area (Å²) in [6.07, 6.45) is 2.18. The van der Waals surface area contributed by atoms with Crippen molar-refractivity contribution < 1.29 is 9.72 Å². The maximum atomic E-state index is 13.1. The molecule has 2 aromatic rings. The van der Waals surface area contributed by atoms with Crippen LogP contribution in [0, 0.1) is 16.0 Å². The molecule has 174 valence electrons. The Kier molecular flexibility index (Phi) is 9.06. The van der Waals surface area contributed by atoms with Crippen molar-refractivity contribution in [2.75, 3.05) is 22.9 Å². The number of unbranched alkanes of at least 4 members (excludes halogenated alkanes) is 1. The zero-order valence-electron chi connectivity index (χ0n) is 18.5. The number of anilines is 2. The molecule has 0 aliphatic heterocycles. The van der Waals surface area contributed by atoms with Crippen molar-refractivity contribution in [3.63, 3.8) is 0 Å². The molecule has 1 aromatic carbocycles. The summed E-state index contributed by atoms with van der Waals surface area (Å²) >= 11 is 1.20. The van der Waals surface area contributed by atoms with Crippen LogP contribution in [-0.4, -0.2) is 32.7 Å². The number of H-pyrrole nitrogens is 1. The van der Waals surface area contributed by atoms with Crippen LogP contribution in [0.2, 0.25) is 0 Å². The highest BCUT2D eigenvalue weighted by Gasteiger charge is 2.24. The van der Waals surface area contributed by atoms with Crippen LogP contribution in [0.25, 0.3) is 0 Å². The van der Waals surface area contributed by atoms with Gasteiger partial charge in [-0.2, -0.15) is 0 Å². The molecule has 3 N–H and O–H groups in total. The predicted octanol–water partition coefficient (Wildman–Crippen LogP) is 3.00. The Morgan fingerprint density at radius 2 is 1.94 bits per heavy atom. The highest BCUT2D eigenvalue weighted by atomic mass is 32.2. The zero-order chi connectivity index (χ0) is 23.8. The summed E-state index contributed by atoms with van der Waals surface area (Å²) in [4.78, 5) is 52.6. The molecule has 10 nitrogen and oxygen atoms in total. The van der Waals surface area contributed by atoms with Gasteiger partial charge in [0, 0.05) is 30.1 Å². The molecule has 0 spiro atoms. The number of carbonyl (C=O) groups is 1. The number of amides is 1. The van der Waals surface area contributed by atoms with E-state index in [0.29, 0.717) is 24.3 Å². The van der Waals surface area contributed by atoms with Gasteiger partial charge in [0.15, 0.2) is 5.69 Å². The van der Waals surface area contributed by atoms with Crippen molar-refractivity contribution in [2.45, 2.75) is 51.5 Å². The number of non-ortho nitro benzene ring substituents is 1. The number of hydrogen-bond acceptors (Lipinski definition) is 7. The van der Waals surface area contributed by atoms with Crippen LogP contribution < -0.4 is 21.9 Å². The number of nitrogen functional groups attached to an aromatic ring is 1. The van der Waals surface area contributed by atoms with Gasteiger partial charge in [0.05, 0.1) is 10.7 Å². The second-order valence-electron chi connectivity index (χ2n) is 7.77. The van der Waals surface area contributed by atoms with Gasteiger partial charge in [-0.1, -0.05) is 27.2 Å². The zero-order valence-corrected chi connectivity index (χ0v) is 19.3. The summed E-state index contributed by atoms with van der Waals surface area (Å²) in [5.74, 6) is -0.0847. The lowest BCUT2D eigenvalue weighted by Gasteiger charge is -2.25. The van der Waals surface area contributed by atoms with Gasteiger partial charge in [-0.25, -0.2) is 4.79 Å². The monoisotopic (exact) mass is 463 g/mol. The predicted molar refractivity (Wildman–Crippen MR) is 126 cm³/mol. The number of aromatic nitrogens is 2. The Labute approximate surface area is 190 Å². The SMILES string of the molecule is CCCCn1c(N)c(N(CCC(C)C)C(=O)CSc2ccc([N+](=O)[O-])cc2)c(=O)[nH]c1=O. The van der Waals surface area contributed by atoms with Gasteiger partial charge in [0.25, 0.3) is 11.2 Å². The third-order valence-corrected chi connectivity index (χ3v) is 5.86. The van der Waals surface area contributed by atoms with Crippen LogP contribution in [0.3, 0.4) is 0 Å². The third-order valence-electron chi connectivity index (χ3n) is 4.86. The normalized spacial score (nSPS) is 11.0. The molecular weight excluding hydrogens is 434 g/mol. The quantitative estimate of drug-likeness (QED) is 0.296. The minimum atomic E-state index is -0.697. The number of nitro benzene ring substituents is 1. The summed E-state index contributed by atoms with van der Waals surface area (Å²) < 4.78 is 1.29. The summed E-state index contributed by atoms with van der Waals surface area (Å²) in [7, 11) is 0. The first kappa shape index (κ1) is 25.2. The molecule has 2 rings (SSSR count). The average molecular weight is 464 g/mol. The Morgan fingerprint density at radius 3 is 2.50 bits per heavy atom. The van der Waals surface area contributed by atoms with E-state index in [1.807, 2.05) is 20.8 Å². The molecule has 0 aliphatic rings. The highest BCUT2D eigenvalue weighted by Crippen LogP contribution is 2.24. The van der Waals surface area contributed by atoms with Crippen molar-refractivity contribution in [1.82, 2.24) is 9.55 Å². The maximum Gasteiger partial charge on any atom is 0.330 e. The number of nitrogens with two attached hydrogens (primary N) is 1. The Balaban J connectivity index is 2.32. The smallest absolute Gasteiger partial charge is 0.330 e. The number of thioether (sulfide) groups is 1. The number of carbonyl (C=O) groups excluding carboxylic acids is 1. The van der Waals surface area contributed by atoms with Crippen LogP contribution in [0.5, 0.6) is 0 Å². The van der Waals surface area contributed by atoms with Crippen LogP contribution in [0.15, 0.2) is 38.8 Å². The van der Waals surface area contributed by atoms with Gasteiger partial charge in [0.1, 0.15) is 5.82 Å². The summed E-state index contributed by atoms with van der Waals surface area (Å²) in [6.45, 7) is 6.60. The lowest BCUT2D eigenvalue weighted by Crippen LogP contribution is -2.42. The van der Waals surface area contributed by atoms with Crippen molar-refractivity contribution in [3.05, 3.63) is 55.2 Å². The third kappa shape index (κ3) is 6.46. The number of rotatable bonds is 11. The Morgan fingerprint density at radius 1 is 1.28 bits per heavy atom. The highest BCUT2D eigenvalue weighted by molar-refractivity contribution is 8.00. The molecule has 0 atom stereocenters. The Hall–Kier alpha value is -3.08. The maximum absolute atomic E-state index is 13.1. The van der Waals surface area contributed by atoms with E-state index in [-0.39, 0.29) is 41.3 Å². The van der Waals surface area contributed by atoms with Gasteiger partial charge >= 0.3 is 5.69 Å². The van der Waals surface area contributed by atoms with Crippen molar-refractivity contribution in [2.24, 2.45) is 5.92 Å². The van der Waals surface area contributed by atoms with Gasteiger partial charge < -0.3 is 10.6 Å². The fourth-order valence-corrected chi connectivity index (χ4v) is 3.79. The molecule has 11 heteroatoms. The molecule has 0 bridgehead atoms. The molecular formula is C21H29N5O5S. The van der Waals surface area contributed by atoms with E-state index in [0.717, 1.165) is 6.42 Å². The molecule has 0 radical (unpaired) electrons. The number of aromatic amines is 1. The molecule has 1 amide bonds. The van der Waals surface area contributed by atoms with E-state index >= 15 is 0 Å². The molecule has 1 heterocycles. The average Bonchev–Trinajstić information content (AvgIpc) is 2.74. The van der Waals surface area contributed by atoms with Gasteiger partial charge in [-0.05, 0) is 30.9 Å². The van der Waals surface area contributed by atoms with E-state index in [4.69, 9.17) is 5.73 Å². The van der Waals surface area contributed by atoms with E-state index < -0.39 is 16.2 Å². The number of nitrogens with one attached hydrogen (secondary N) is 1. The number of hydrogen-bond donors (Lipinski definition) is 2. The molecule has 0 saturated carbocycles. The second-order valence-corrected chi connectivity index (χ2v) is 8.81. The minimum absolute atomic E-state index is 0.00285. The van der Waals surface area contributed by atoms with E-state index in [2.05, 4.69) is 4.98 Å². The van der Waals surface area contributed by atoms with Crippen LogP contribution in [0.4, 0.5) is 17.2 Å². The van der Waals surface area contributed by atoms with Gasteiger partial charge in [0.2, 0.25) is 5.91 Å². The van der Waals surface area contributed by atoms with E-state index in [1.54, 1.807) is 12.1 Å². The van der Waals surface area contributed by atoms with Gasteiger partial charge in [-0.15, -0.1) is 11.8 Å². The lowest BCUT2D eigenvalue weighted by molar-refractivity contribution is -0.384. The number of nitrogens with zero attached hydrogens (tertiary/aromatic N) is 3. The van der Waals surface area contributed by atoms with Crippen LogP contribution in [-0.2, 0) is 11.3 Å². The lowest BCUT2D eigenvalue weighted by atomic mass is 10.1. The fraction of sp³-hybridized carbons (Fsp3) is 0.476. The fourth-order valence-electron chi connectivity index (χ4n) is 3.01.